The molecule has 7 heteroatoms. The molecule has 0 N–H and O–H groups in total. The van der Waals surface area contributed by atoms with Gasteiger partial charge in [-0.3, -0.25) is 9.59 Å². The first-order chi connectivity index (χ1) is 7.93. The van der Waals surface area contributed by atoms with Crippen molar-refractivity contribution in [2.45, 2.75) is 0 Å². The van der Waals surface area contributed by atoms with E-state index in [0.717, 1.165) is 4.90 Å². The molecule has 1 aromatic rings. The van der Waals surface area contributed by atoms with Gasteiger partial charge in [-0.05, 0) is 34.1 Å². The minimum absolute atomic E-state index is 0.275. The SMILES string of the molecule is O=C1C(Cl)=C(Cl)C(=O)N1c1ccc(Cl)c(Br)c1. The molecule has 0 bridgehead atoms. The maximum absolute atomic E-state index is 11.7. The summed E-state index contributed by atoms with van der Waals surface area (Å²) in [7, 11) is 0. The lowest BCUT2D eigenvalue weighted by atomic mass is 10.3. The van der Waals surface area contributed by atoms with Crippen LogP contribution < -0.4 is 4.90 Å². The zero-order valence-electron chi connectivity index (χ0n) is 8.01. The second-order valence-electron chi connectivity index (χ2n) is 3.17. The van der Waals surface area contributed by atoms with Crippen LogP contribution in [-0.4, -0.2) is 11.8 Å². The smallest absolute Gasteiger partial charge is 0.267 e. The fourth-order valence-electron chi connectivity index (χ4n) is 1.33. The normalized spacial score (nSPS) is 16.1. The highest BCUT2D eigenvalue weighted by Gasteiger charge is 2.37. The van der Waals surface area contributed by atoms with E-state index in [1.165, 1.54) is 12.1 Å². The van der Waals surface area contributed by atoms with E-state index in [2.05, 4.69) is 15.9 Å². The summed E-state index contributed by atoms with van der Waals surface area (Å²) < 4.78 is 0.566. The number of anilines is 1. The summed E-state index contributed by atoms with van der Waals surface area (Å²) in [4.78, 5) is 24.3. The molecule has 2 amide bonds. The van der Waals surface area contributed by atoms with Crippen LogP contribution in [0.25, 0.3) is 0 Å². The monoisotopic (exact) mass is 353 g/mol. The Labute approximate surface area is 120 Å². The molecular formula is C10H3BrCl3NO2. The van der Waals surface area contributed by atoms with Crippen LogP contribution in [0, 0.1) is 0 Å². The number of benzene rings is 1. The lowest BCUT2D eigenvalue weighted by Crippen LogP contribution is -2.30. The van der Waals surface area contributed by atoms with Crippen molar-refractivity contribution in [3.05, 3.63) is 37.8 Å². The van der Waals surface area contributed by atoms with Gasteiger partial charge in [0.05, 0.1) is 10.7 Å². The molecule has 0 atom stereocenters. The number of rotatable bonds is 1. The van der Waals surface area contributed by atoms with E-state index in [1.54, 1.807) is 6.07 Å². The molecule has 0 aliphatic carbocycles. The van der Waals surface area contributed by atoms with Crippen molar-refractivity contribution in [1.82, 2.24) is 0 Å². The second kappa shape index (κ2) is 4.61. The molecule has 1 aromatic carbocycles. The van der Waals surface area contributed by atoms with Crippen molar-refractivity contribution >= 4 is 68.2 Å². The predicted octanol–water partition coefficient (Wildman–Crippen LogP) is 3.66. The van der Waals surface area contributed by atoms with Gasteiger partial charge in [0.1, 0.15) is 10.1 Å². The summed E-state index contributed by atoms with van der Waals surface area (Å²) in [6.07, 6.45) is 0. The van der Waals surface area contributed by atoms with E-state index >= 15 is 0 Å². The number of carbonyl (C=O) groups excluding carboxylic acids is 2. The van der Waals surface area contributed by atoms with Crippen molar-refractivity contribution in [3.8, 4) is 0 Å². The quantitative estimate of drug-likeness (QED) is 0.721. The highest BCUT2D eigenvalue weighted by Crippen LogP contribution is 2.34. The van der Waals surface area contributed by atoms with Crippen LogP contribution in [0.4, 0.5) is 5.69 Å². The highest BCUT2D eigenvalue weighted by molar-refractivity contribution is 9.10. The van der Waals surface area contributed by atoms with Gasteiger partial charge in [-0.1, -0.05) is 34.8 Å². The Bertz CT molecular complexity index is 547. The molecule has 1 aliphatic rings. The maximum Gasteiger partial charge on any atom is 0.278 e. The van der Waals surface area contributed by atoms with Gasteiger partial charge < -0.3 is 0 Å². The van der Waals surface area contributed by atoms with Gasteiger partial charge in [0.15, 0.2) is 0 Å². The summed E-state index contributed by atoms with van der Waals surface area (Å²) in [5.41, 5.74) is 0.352. The Hall–Kier alpha value is -0.550. The summed E-state index contributed by atoms with van der Waals surface area (Å²) in [6.45, 7) is 0. The minimum atomic E-state index is -0.643. The zero-order chi connectivity index (χ0) is 12.7. The van der Waals surface area contributed by atoms with E-state index in [9.17, 15) is 9.59 Å². The van der Waals surface area contributed by atoms with Crippen molar-refractivity contribution in [3.63, 3.8) is 0 Å². The van der Waals surface area contributed by atoms with Crippen molar-refractivity contribution in [1.29, 1.82) is 0 Å². The Morgan fingerprint density at radius 1 is 1.00 bits per heavy atom. The molecule has 0 saturated carbocycles. The van der Waals surface area contributed by atoms with Crippen LogP contribution in [0.15, 0.2) is 32.7 Å². The van der Waals surface area contributed by atoms with Crippen LogP contribution in [0.5, 0.6) is 0 Å². The summed E-state index contributed by atoms with van der Waals surface area (Å²) >= 11 is 20.3. The van der Waals surface area contributed by atoms with Crippen LogP contribution in [-0.2, 0) is 9.59 Å². The average molecular weight is 355 g/mol. The molecule has 0 aromatic heterocycles. The predicted molar refractivity (Wildman–Crippen MR) is 70.4 cm³/mol. The number of carbonyl (C=O) groups is 2. The van der Waals surface area contributed by atoms with Crippen molar-refractivity contribution in [2.24, 2.45) is 0 Å². The number of nitrogens with zero attached hydrogens (tertiary/aromatic N) is 1. The number of imide groups is 1. The fraction of sp³-hybridized carbons (Fsp3) is 0. The van der Waals surface area contributed by atoms with E-state index in [0.29, 0.717) is 15.2 Å². The molecule has 0 spiro atoms. The molecule has 1 heterocycles. The number of halogens is 4. The molecule has 3 nitrogen and oxygen atoms in total. The fourth-order valence-corrected chi connectivity index (χ4v) is 2.15. The molecule has 88 valence electrons. The van der Waals surface area contributed by atoms with E-state index in [1.807, 2.05) is 0 Å². The lowest BCUT2D eigenvalue weighted by Gasteiger charge is -2.14. The molecule has 17 heavy (non-hydrogen) atoms. The largest absolute Gasteiger partial charge is 0.278 e. The number of amides is 2. The van der Waals surface area contributed by atoms with Crippen molar-refractivity contribution < 1.29 is 9.59 Å². The maximum atomic E-state index is 11.7. The zero-order valence-corrected chi connectivity index (χ0v) is 11.9. The van der Waals surface area contributed by atoms with Crippen LogP contribution in [0.1, 0.15) is 0 Å². The average Bonchev–Trinajstić information content (AvgIpc) is 2.48. The van der Waals surface area contributed by atoms with E-state index in [-0.39, 0.29) is 10.1 Å². The lowest BCUT2D eigenvalue weighted by molar-refractivity contribution is -0.120. The molecule has 0 unspecified atom stereocenters. The van der Waals surface area contributed by atoms with Crippen LogP contribution in [0.2, 0.25) is 5.02 Å². The van der Waals surface area contributed by atoms with E-state index in [4.69, 9.17) is 34.8 Å². The van der Waals surface area contributed by atoms with Gasteiger partial charge in [-0.25, -0.2) is 4.90 Å². The molecule has 0 radical (unpaired) electrons. The molecular weight excluding hydrogens is 352 g/mol. The van der Waals surface area contributed by atoms with Gasteiger partial charge in [0.2, 0.25) is 0 Å². The van der Waals surface area contributed by atoms with Gasteiger partial charge in [-0.15, -0.1) is 0 Å². The molecule has 0 saturated heterocycles. The first-order valence-corrected chi connectivity index (χ1v) is 6.25. The first kappa shape index (κ1) is 12.9. The third-order valence-corrected chi connectivity index (χ3v) is 4.15. The Morgan fingerprint density at radius 2 is 1.53 bits per heavy atom. The van der Waals surface area contributed by atoms with Crippen LogP contribution in [0.3, 0.4) is 0 Å². The second-order valence-corrected chi connectivity index (χ2v) is 5.19. The summed E-state index contributed by atoms with van der Waals surface area (Å²) in [5, 5.41) is -0.0801. The van der Waals surface area contributed by atoms with Crippen molar-refractivity contribution in [2.75, 3.05) is 4.90 Å². The van der Waals surface area contributed by atoms with Gasteiger partial charge >= 0.3 is 0 Å². The Morgan fingerprint density at radius 3 is 2.00 bits per heavy atom. The third kappa shape index (κ3) is 2.10. The minimum Gasteiger partial charge on any atom is -0.267 e. The highest BCUT2D eigenvalue weighted by atomic mass is 79.9. The first-order valence-electron chi connectivity index (χ1n) is 4.32. The Balaban J connectivity index is 2.47. The van der Waals surface area contributed by atoms with Gasteiger partial charge in [-0.2, -0.15) is 0 Å². The standard InChI is InChI=1S/C10H3BrCl3NO2/c11-5-3-4(1-2-6(5)12)15-9(16)7(13)8(14)10(15)17/h1-3H. The van der Waals surface area contributed by atoms with Gasteiger partial charge in [0.25, 0.3) is 11.8 Å². The number of hydrogen-bond donors (Lipinski definition) is 0. The van der Waals surface area contributed by atoms with E-state index < -0.39 is 11.8 Å². The van der Waals surface area contributed by atoms with Gasteiger partial charge in [0, 0.05) is 4.47 Å². The molecule has 0 fully saturated rings. The Kier molecular flexibility index (Phi) is 3.50. The van der Waals surface area contributed by atoms with Crippen LogP contribution >= 0.6 is 50.7 Å². The topological polar surface area (TPSA) is 37.4 Å². The third-order valence-electron chi connectivity index (χ3n) is 2.14. The number of hydrogen-bond acceptors (Lipinski definition) is 2. The summed E-state index contributed by atoms with van der Waals surface area (Å²) in [6, 6.07) is 4.63. The molecule has 1 aliphatic heterocycles. The molecule has 2 rings (SSSR count). The summed E-state index contributed by atoms with van der Waals surface area (Å²) in [5.74, 6) is -1.29.